The molecule has 17 nitrogen and oxygen atoms in total. The van der Waals surface area contributed by atoms with Crippen molar-refractivity contribution in [2.24, 2.45) is 0 Å². The summed E-state index contributed by atoms with van der Waals surface area (Å²) in [6, 6.07) is 17.6. The predicted molar refractivity (Wildman–Crippen MR) is 133 cm³/mol. The van der Waals surface area contributed by atoms with Gasteiger partial charge in [-0.05, 0) is 36.4 Å². The standard InChI is InChI=1S/2C7H5NO4.2C5H7N3.H2O.Zn/c2*9-6(10)4-2-1-3-5(8-4)7(11)12;2*6-4-2-1-3-5(7)8-4;;/h2*1-3H,(H,9,10)(H,11,12);2*1-3H,(H4,6,7,8);1H2;/q;;;;;+2/p-2. The Morgan fingerprint density at radius 3 is 0.810 bits per heavy atom. The average molecular weight is 634 g/mol. The molecule has 0 unspecified atom stereocenters. The smallest absolute Gasteiger partial charge is 0.543 e. The average Bonchev–Trinajstić information content (AvgIpc) is 2.89. The third-order valence-electron chi connectivity index (χ3n) is 4.02. The molecule has 0 aliphatic heterocycles. The Labute approximate surface area is 250 Å². The van der Waals surface area contributed by atoms with Crippen LogP contribution in [0.3, 0.4) is 0 Å². The van der Waals surface area contributed by atoms with Crippen LogP contribution in [-0.2, 0) is 19.5 Å². The second-order valence-corrected chi connectivity index (χ2v) is 7.09. The zero-order valence-corrected chi connectivity index (χ0v) is 24.6. The van der Waals surface area contributed by atoms with Crippen LogP contribution in [0.25, 0.3) is 0 Å². The number of carboxylic acids is 4. The van der Waals surface area contributed by atoms with E-state index in [1.807, 2.05) is 0 Å². The maximum absolute atomic E-state index is 10.2. The number of hydrogen-bond donors (Lipinski definition) is 4. The van der Waals surface area contributed by atoms with Crippen LogP contribution in [-0.4, -0.2) is 39.3 Å². The van der Waals surface area contributed by atoms with Gasteiger partial charge in [-0.15, -0.1) is 0 Å². The van der Waals surface area contributed by atoms with Gasteiger partial charge in [-0.2, -0.15) is 0 Å². The molecule has 216 valence electrons. The maximum atomic E-state index is 10.2. The molecule has 0 aliphatic rings. The zero-order chi connectivity index (χ0) is 30.2. The Morgan fingerprint density at radius 2 is 0.667 bits per heavy atom. The van der Waals surface area contributed by atoms with E-state index in [1.165, 1.54) is 12.1 Å². The molecule has 0 saturated heterocycles. The van der Waals surface area contributed by atoms with Crippen LogP contribution in [0.1, 0.15) is 42.0 Å². The van der Waals surface area contributed by atoms with Crippen molar-refractivity contribution in [1.29, 1.82) is 0 Å². The number of rotatable bonds is 4. The number of nitrogens with zero attached hydrogens (tertiary/aromatic N) is 2. The van der Waals surface area contributed by atoms with Gasteiger partial charge in [0.15, 0.2) is 0 Å². The van der Waals surface area contributed by atoms with Gasteiger partial charge in [0.05, 0.1) is 46.7 Å². The molecular formula is C24H24N8O9Zn. The number of aromatic carboxylic acids is 4. The van der Waals surface area contributed by atoms with E-state index in [0.717, 1.165) is 24.3 Å². The van der Waals surface area contributed by atoms with E-state index >= 15 is 0 Å². The van der Waals surface area contributed by atoms with E-state index in [9.17, 15) is 39.6 Å². The monoisotopic (exact) mass is 632 g/mol. The van der Waals surface area contributed by atoms with Gasteiger partial charge in [0, 0.05) is 24.3 Å². The first-order valence-electron chi connectivity index (χ1n) is 10.7. The Hall–Kier alpha value is -5.74. The number of carboxylic acid groups (broad SMARTS) is 4. The van der Waals surface area contributed by atoms with Crippen molar-refractivity contribution in [3.05, 3.63) is 95.6 Å². The number of nitrogens with two attached hydrogens (primary N) is 4. The summed E-state index contributed by atoms with van der Waals surface area (Å²) in [6.07, 6.45) is 0. The van der Waals surface area contributed by atoms with Crippen molar-refractivity contribution in [2.45, 2.75) is 0 Å². The van der Waals surface area contributed by atoms with E-state index in [0.29, 0.717) is 23.3 Å². The van der Waals surface area contributed by atoms with Crippen molar-refractivity contribution in [3.8, 4) is 0 Å². The second-order valence-electron chi connectivity index (χ2n) is 7.09. The Kier molecular flexibility index (Phi) is 17.7. The minimum atomic E-state index is -1.52. The van der Waals surface area contributed by atoms with Crippen LogP contribution < -0.4 is 53.3 Å². The van der Waals surface area contributed by atoms with Gasteiger partial charge >= 0.3 is 19.5 Å². The molecule has 0 saturated carbocycles. The largest absolute Gasteiger partial charge is 2.00 e. The number of hydrogen-bond acceptors (Lipinski definition) is 14. The summed E-state index contributed by atoms with van der Waals surface area (Å²) in [4.78, 5) is 52.7. The molecule has 0 bridgehead atoms. The summed E-state index contributed by atoms with van der Waals surface area (Å²) in [6.45, 7) is 0. The molecule has 0 spiro atoms. The number of carbonyl (C=O) groups excluding carboxylic acids is 4. The van der Waals surface area contributed by atoms with Gasteiger partial charge in [-0.25, -0.2) is 19.9 Å². The fraction of sp³-hybridized carbons (Fsp3) is 0. The van der Waals surface area contributed by atoms with E-state index in [4.69, 9.17) is 22.9 Å². The third kappa shape index (κ3) is 15.0. The van der Waals surface area contributed by atoms with E-state index in [2.05, 4.69) is 19.9 Å². The molecule has 4 rings (SSSR count). The number of aromatic nitrogens is 4. The molecule has 12 N–H and O–H groups in total. The number of carbonyl (C=O) groups is 4. The molecular weight excluding hydrogens is 610 g/mol. The third-order valence-corrected chi connectivity index (χ3v) is 4.02. The van der Waals surface area contributed by atoms with Gasteiger partial charge < -0.3 is 68.0 Å². The first kappa shape index (κ1) is 38.4. The van der Waals surface area contributed by atoms with Crippen molar-refractivity contribution in [1.82, 2.24) is 9.97 Å². The number of nitrogens with one attached hydrogen (secondary N) is 2. The van der Waals surface area contributed by atoms with Crippen molar-refractivity contribution < 1.29 is 74.5 Å². The minimum Gasteiger partial charge on any atom is -0.543 e. The first-order chi connectivity index (χ1) is 18.8. The van der Waals surface area contributed by atoms with E-state index in [1.54, 1.807) is 36.4 Å². The molecule has 18 heteroatoms. The number of H-pyrrole nitrogens is 2. The van der Waals surface area contributed by atoms with Gasteiger partial charge in [0.2, 0.25) is 23.3 Å². The first-order valence-corrected chi connectivity index (χ1v) is 10.7. The number of anilines is 4. The summed E-state index contributed by atoms with van der Waals surface area (Å²) in [5, 5.41) is 40.8. The Balaban J connectivity index is 0. The molecule has 42 heavy (non-hydrogen) atoms. The summed E-state index contributed by atoms with van der Waals surface area (Å²) >= 11 is 0. The summed E-state index contributed by atoms with van der Waals surface area (Å²) < 4.78 is 0. The van der Waals surface area contributed by atoms with E-state index < -0.39 is 46.7 Å². The SMILES string of the molecule is Nc1cccc(N)[nH+]1.Nc1cccc(N)[nH+]1.O.O=C([O-])c1cccc(C(=O)[O-])n1.O=C([O-])c1cccc(C(=O)[O-])n1.[Zn+2]. The predicted octanol–water partition coefficient (Wildman–Crippen LogP) is -5.88. The minimum absolute atomic E-state index is 0. The van der Waals surface area contributed by atoms with Crippen molar-refractivity contribution >= 4 is 47.1 Å². The second kappa shape index (κ2) is 19.3. The Morgan fingerprint density at radius 1 is 0.476 bits per heavy atom. The number of nitrogen functional groups attached to an aromatic ring is 4. The molecule has 4 aromatic rings. The summed E-state index contributed by atoms with van der Waals surface area (Å²) in [5.74, 6) is -3.71. The van der Waals surface area contributed by atoms with Crippen molar-refractivity contribution in [2.75, 3.05) is 22.9 Å². The number of pyridine rings is 4. The summed E-state index contributed by atoms with van der Waals surface area (Å²) in [5.41, 5.74) is 19.6. The van der Waals surface area contributed by atoms with Crippen LogP contribution in [0.2, 0.25) is 0 Å². The van der Waals surface area contributed by atoms with Crippen LogP contribution >= 0.6 is 0 Å². The molecule has 0 amide bonds. The van der Waals surface area contributed by atoms with Crippen LogP contribution in [0, 0.1) is 0 Å². The molecule has 0 aliphatic carbocycles. The van der Waals surface area contributed by atoms with E-state index in [-0.39, 0.29) is 25.0 Å². The molecule has 0 radical (unpaired) electrons. The van der Waals surface area contributed by atoms with Crippen LogP contribution in [0.5, 0.6) is 0 Å². The topological polar surface area (TPSA) is 350 Å². The fourth-order valence-corrected chi connectivity index (χ4v) is 2.34. The quantitative estimate of drug-likeness (QED) is 0.152. The maximum Gasteiger partial charge on any atom is 2.00 e. The molecule has 0 fully saturated rings. The van der Waals surface area contributed by atoms with Crippen LogP contribution in [0.15, 0.2) is 72.8 Å². The molecule has 0 atom stereocenters. The van der Waals surface area contributed by atoms with Gasteiger partial charge in [0.25, 0.3) is 0 Å². The summed E-state index contributed by atoms with van der Waals surface area (Å²) in [7, 11) is 0. The van der Waals surface area contributed by atoms with Gasteiger partial charge in [-0.1, -0.05) is 12.1 Å². The molecule has 4 aromatic heterocycles. The van der Waals surface area contributed by atoms with Crippen LogP contribution in [0.4, 0.5) is 23.3 Å². The molecule has 4 heterocycles. The normalized spacial score (nSPS) is 8.76. The van der Waals surface area contributed by atoms with Gasteiger partial charge in [0.1, 0.15) is 0 Å². The Bertz CT molecular complexity index is 1290. The molecule has 0 aromatic carbocycles. The van der Waals surface area contributed by atoms with Crippen molar-refractivity contribution in [3.63, 3.8) is 0 Å². The number of aromatic amines is 2. The van der Waals surface area contributed by atoms with Gasteiger partial charge in [-0.3, -0.25) is 0 Å². The zero-order valence-electron chi connectivity index (χ0n) is 21.6. The fourth-order valence-electron chi connectivity index (χ4n) is 2.34.